The van der Waals surface area contributed by atoms with E-state index in [0.717, 1.165) is 16.5 Å². The van der Waals surface area contributed by atoms with Gasteiger partial charge in [0.05, 0.1) is 0 Å². The molecule has 0 aromatic heterocycles. The van der Waals surface area contributed by atoms with E-state index in [-0.39, 0.29) is 5.78 Å². The van der Waals surface area contributed by atoms with E-state index in [1.807, 2.05) is 24.3 Å². The highest BCUT2D eigenvalue weighted by atomic mass is 79.9. The third kappa shape index (κ3) is 3.70. The van der Waals surface area contributed by atoms with Crippen molar-refractivity contribution < 1.29 is 4.79 Å². The predicted octanol–water partition coefficient (Wildman–Crippen LogP) is 5.11. The Kier molecular flexibility index (Phi) is 5.14. The summed E-state index contributed by atoms with van der Waals surface area (Å²) in [6.07, 6.45) is 11.3. The first-order valence-corrected chi connectivity index (χ1v) is 8.98. The lowest BCUT2D eigenvalue weighted by Crippen LogP contribution is -2.28. The fourth-order valence-corrected chi connectivity index (χ4v) is 3.61. The van der Waals surface area contributed by atoms with E-state index < -0.39 is 0 Å². The minimum absolute atomic E-state index is 0.0879. The van der Waals surface area contributed by atoms with Crippen molar-refractivity contribution in [1.82, 2.24) is 4.90 Å². The van der Waals surface area contributed by atoms with Gasteiger partial charge < -0.3 is 4.90 Å². The summed E-state index contributed by atoms with van der Waals surface area (Å²) in [6, 6.07) is 7.56. The summed E-state index contributed by atoms with van der Waals surface area (Å²) in [5, 5.41) is 0. The molecule has 3 heteroatoms. The zero-order valence-corrected chi connectivity index (χ0v) is 14.4. The van der Waals surface area contributed by atoms with Gasteiger partial charge >= 0.3 is 0 Å². The van der Waals surface area contributed by atoms with Crippen LogP contribution in [0.25, 0.3) is 0 Å². The first-order chi connectivity index (χ1) is 10.7. The van der Waals surface area contributed by atoms with Crippen molar-refractivity contribution in [3.05, 3.63) is 57.7 Å². The van der Waals surface area contributed by atoms with Gasteiger partial charge in [-0.1, -0.05) is 22.0 Å². The number of carbonyl (C=O) groups is 1. The number of likely N-dealkylation sites (tertiary alicyclic amines) is 1. The molecule has 1 aromatic carbocycles. The number of carbonyl (C=O) groups excluding carboxylic acids is 1. The van der Waals surface area contributed by atoms with Crippen molar-refractivity contribution in [3.63, 3.8) is 0 Å². The second kappa shape index (κ2) is 7.28. The van der Waals surface area contributed by atoms with Crippen LogP contribution in [-0.4, -0.2) is 23.8 Å². The Morgan fingerprint density at radius 3 is 2.45 bits per heavy atom. The first-order valence-electron chi connectivity index (χ1n) is 8.19. The summed E-state index contributed by atoms with van der Waals surface area (Å²) in [5.41, 5.74) is 3.60. The van der Waals surface area contributed by atoms with E-state index in [4.69, 9.17) is 0 Å². The minimum Gasteiger partial charge on any atom is -0.375 e. The third-order valence-corrected chi connectivity index (χ3v) is 5.06. The minimum atomic E-state index is 0.0879. The summed E-state index contributed by atoms with van der Waals surface area (Å²) < 4.78 is 0.999. The number of allylic oxidation sites excluding steroid dienone is 4. The number of ketones is 1. The van der Waals surface area contributed by atoms with Crippen LogP contribution in [0.2, 0.25) is 0 Å². The molecule has 22 heavy (non-hydrogen) atoms. The first kappa shape index (κ1) is 15.5. The van der Waals surface area contributed by atoms with E-state index in [0.29, 0.717) is 0 Å². The molecule has 1 aliphatic carbocycles. The molecular weight excluding hydrogens is 338 g/mol. The van der Waals surface area contributed by atoms with Crippen molar-refractivity contribution in [2.75, 3.05) is 13.1 Å². The quantitative estimate of drug-likeness (QED) is 0.549. The number of halogens is 1. The van der Waals surface area contributed by atoms with Gasteiger partial charge in [-0.05, 0) is 74.4 Å². The summed E-state index contributed by atoms with van der Waals surface area (Å²) >= 11 is 3.40. The second-order valence-electron chi connectivity index (χ2n) is 6.08. The van der Waals surface area contributed by atoms with Gasteiger partial charge in [-0.25, -0.2) is 0 Å². The molecule has 3 rings (SSSR count). The number of hydrogen-bond acceptors (Lipinski definition) is 2. The number of benzene rings is 1. The van der Waals surface area contributed by atoms with Crippen LogP contribution in [0.15, 0.2) is 52.2 Å². The average molecular weight is 360 g/mol. The van der Waals surface area contributed by atoms with E-state index in [2.05, 4.69) is 26.9 Å². The van der Waals surface area contributed by atoms with E-state index in [1.165, 1.54) is 56.5 Å². The van der Waals surface area contributed by atoms with Crippen molar-refractivity contribution in [3.8, 4) is 0 Å². The summed E-state index contributed by atoms with van der Waals surface area (Å²) in [4.78, 5) is 14.8. The highest BCUT2D eigenvalue weighted by molar-refractivity contribution is 9.10. The van der Waals surface area contributed by atoms with E-state index in [1.54, 1.807) is 6.08 Å². The Morgan fingerprint density at radius 2 is 1.73 bits per heavy atom. The van der Waals surface area contributed by atoms with Crippen molar-refractivity contribution in [2.24, 2.45) is 0 Å². The summed E-state index contributed by atoms with van der Waals surface area (Å²) in [7, 11) is 0. The maximum atomic E-state index is 12.3. The normalized spacial score (nSPS) is 19.2. The maximum Gasteiger partial charge on any atom is 0.185 e. The molecule has 1 saturated heterocycles. The summed E-state index contributed by atoms with van der Waals surface area (Å²) in [6.45, 7) is 2.38. The molecule has 0 saturated carbocycles. The van der Waals surface area contributed by atoms with Crippen LogP contribution in [0, 0.1) is 0 Å². The maximum absolute atomic E-state index is 12.3. The van der Waals surface area contributed by atoms with Crippen molar-refractivity contribution in [1.29, 1.82) is 0 Å². The highest BCUT2D eigenvalue weighted by Gasteiger charge is 2.20. The zero-order valence-electron chi connectivity index (χ0n) is 12.9. The molecule has 2 aliphatic rings. The molecule has 0 radical (unpaired) electrons. The van der Waals surface area contributed by atoms with Gasteiger partial charge in [0.1, 0.15) is 0 Å². The molecule has 116 valence electrons. The fraction of sp³-hybridized carbons (Fsp3) is 0.421. The number of piperidine rings is 1. The molecule has 2 nitrogen and oxygen atoms in total. The number of nitrogens with zero attached hydrogens (tertiary/aromatic N) is 1. The second-order valence-corrected chi connectivity index (χ2v) is 6.99. The largest absolute Gasteiger partial charge is 0.375 e. The molecule has 0 unspecified atom stereocenters. The van der Waals surface area contributed by atoms with Crippen molar-refractivity contribution >= 4 is 21.7 Å². The Hall–Kier alpha value is -1.35. The summed E-state index contributed by atoms with van der Waals surface area (Å²) in [5.74, 6) is 0.0879. The smallest absolute Gasteiger partial charge is 0.185 e. The van der Waals surface area contributed by atoms with Crippen LogP contribution in [0.5, 0.6) is 0 Å². The Bertz CT molecular complexity index is 594. The van der Waals surface area contributed by atoms with E-state index in [9.17, 15) is 4.79 Å². The van der Waals surface area contributed by atoms with Crippen LogP contribution in [0.3, 0.4) is 0 Å². The number of hydrogen-bond donors (Lipinski definition) is 0. The topological polar surface area (TPSA) is 20.3 Å². The highest BCUT2D eigenvalue weighted by Crippen LogP contribution is 2.31. The Balaban J connectivity index is 1.72. The van der Waals surface area contributed by atoms with Crippen LogP contribution >= 0.6 is 15.9 Å². The van der Waals surface area contributed by atoms with Gasteiger partial charge in [0.15, 0.2) is 5.78 Å². The molecule has 1 aliphatic heterocycles. The van der Waals surface area contributed by atoms with Gasteiger partial charge in [-0.2, -0.15) is 0 Å². The average Bonchev–Trinajstić information content (AvgIpc) is 3.02. The fourth-order valence-electron chi connectivity index (χ4n) is 3.34. The zero-order chi connectivity index (χ0) is 15.4. The number of rotatable bonds is 4. The molecule has 0 amide bonds. The van der Waals surface area contributed by atoms with Gasteiger partial charge in [0.25, 0.3) is 0 Å². The van der Waals surface area contributed by atoms with Crippen LogP contribution in [-0.2, 0) is 0 Å². The predicted molar refractivity (Wildman–Crippen MR) is 93.9 cm³/mol. The molecule has 1 fully saturated rings. The molecule has 1 aromatic rings. The van der Waals surface area contributed by atoms with Crippen LogP contribution in [0.1, 0.15) is 48.9 Å². The SMILES string of the molecule is O=C(/C=C\C1=C(N2CCCCC2)CCC1)c1ccc(Br)cc1. The van der Waals surface area contributed by atoms with Gasteiger partial charge in [0.2, 0.25) is 0 Å². The Labute approximate surface area is 141 Å². The standard InChI is InChI=1S/C19H22BrNO/c20-17-10-7-16(8-11-17)19(22)12-9-15-5-4-6-18(15)21-13-2-1-3-14-21/h7-12H,1-6,13-14H2/b12-9-. The van der Waals surface area contributed by atoms with Gasteiger partial charge in [0, 0.05) is 28.8 Å². The van der Waals surface area contributed by atoms with Crippen molar-refractivity contribution in [2.45, 2.75) is 38.5 Å². The molecule has 1 heterocycles. The lowest BCUT2D eigenvalue weighted by molar-refractivity contribution is 0.104. The molecule has 0 atom stereocenters. The molecule has 0 spiro atoms. The molecular formula is C19H22BrNO. The monoisotopic (exact) mass is 359 g/mol. The lowest BCUT2D eigenvalue weighted by Gasteiger charge is -2.30. The molecule has 0 N–H and O–H groups in total. The van der Waals surface area contributed by atoms with Gasteiger partial charge in [-0.3, -0.25) is 4.79 Å². The van der Waals surface area contributed by atoms with Gasteiger partial charge in [-0.15, -0.1) is 0 Å². The van der Waals surface area contributed by atoms with E-state index >= 15 is 0 Å². The van der Waals surface area contributed by atoms with Crippen LogP contribution < -0.4 is 0 Å². The Morgan fingerprint density at radius 1 is 1.00 bits per heavy atom. The third-order valence-electron chi connectivity index (χ3n) is 4.53. The van der Waals surface area contributed by atoms with Crippen LogP contribution in [0.4, 0.5) is 0 Å². The molecule has 0 bridgehead atoms. The lowest BCUT2D eigenvalue weighted by atomic mass is 10.1.